The Balaban J connectivity index is 1.73. The number of methoxy groups -OCH3 is 1. The molecule has 0 aliphatic heterocycles. The molecule has 6 nitrogen and oxygen atoms in total. The van der Waals surface area contributed by atoms with E-state index >= 15 is 0 Å². The molecule has 1 heterocycles. The van der Waals surface area contributed by atoms with Crippen LogP contribution in [0, 0.1) is 0 Å². The number of benzene rings is 3. The van der Waals surface area contributed by atoms with Crippen LogP contribution in [0.3, 0.4) is 0 Å². The summed E-state index contributed by atoms with van der Waals surface area (Å²) < 4.78 is 6.74. The molecule has 166 valence electrons. The standard InChI is InChI=1S/C24H17Cl3N4O2/c1-33-20-7-3-15(4-8-20)22-14-31(29-13-16-2-5-19(26)11-21(16)27)24(30-22)28-12-17-10-18(25)6-9-23(17)32/h2-14,32H,1H3/b28-12+,29-13-. The van der Waals surface area contributed by atoms with E-state index in [0.717, 1.165) is 11.3 Å². The third-order valence-corrected chi connectivity index (χ3v) is 5.45. The summed E-state index contributed by atoms with van der Waals surface area (Å²) in [7, 11) is 1.61. The molecule has 33 heavy (non-hydrogen) atoms. The summed E-state index contributed by atoms with van der Waals surface area (Å²) in [6, 6.07) is 17.3. The zero-order valence-electron chi connectivity index (χ0n) is 17.3. The van der Waals surface area contributed by atoms with E-state index in [4.69, 9.17) is 39.5 Å². The van der Waals surface area contributed by atoms with Crippen LogP contribution in [-0.2, 0) is 0 Å². The van der Waals surface area contributed by atoms with Gasteiger partial charge in [0.05, 0.1) is 30.2 Å². The first-order chi connectivity index (χ1) is 15.9. The smallest absolute Gasteiger partial charge is 0.251 e. The molecule has 0 radical (unpaired) electrons. The average Bonchev–Trinajstić information content (AvgIpc) is 3.22. The number of phenols is 1. The third-order valence-electron chi connectivity index (χ3n) is 4.65. The maximum absolute atomic E-state index is 10.1. The second-order valence-electron chi connectivity index (χ2n) is 6.87. The van der Waals surface area contributed by atoms with Crippen LogP contribution in [0.25, 0.3) is 11.3 Å². The summed E-state index contributed by atoms with van der Waals surface area (Å²) in [5.41, 5.74) is 2.65. The van der Waals surface area contributed by atoms with E-state index in [9.17, 15) is 5.11 Å². The van der Waals surface area contributed by atoms with E-state index in [2.05, 4.69) is 15.1 Å². The highest BCUT2D eigenvalue weighted by molar-refractivity contribution is 6.36. The predicted octanol–water partition coefficient (Wildman–Crippen LogP) is 6.86. The van der Waals surface area contributed by atoms with Gasteiger partial charge in [-0.05, 0) is 54.6 Å². The van der Waals surface area contributed by atoms with Crippen molar-refractivity contribution in [2.75, 3.05) is 7.11 Å². The zero-order valence-corrected chi connectivity index (χ0v) is 19.6. The van der Waals surface area contributed by atoms with Gasteiger partial charge >= 0.3 is 0 Å². The number of ether oxygens (including phenoxy) is 1. The Morgan fingerprint density at radius 1 is 0.909 bits per heavy atom. The van der Waals surface area contributed by atoms with Gasteiger partial charge in [-0.25, -0.2) is 14.7 Å². The van der Waals surface area contributed by atoms with Gasteiger partial charge in [-0.3, -0.25) is 0 Å². The van der Waals surface area contributed by atoms with Crippen molar-refractivity contribution >= 4 is 53.2 Å². The summed E-state index contributed by atoms with van der Waals surface area (Å²) in [6.45, 7) is 0. The first-order valence-electron chi connectivity index (χ1n) is 9.69. The number of rotatable bonds is 6. The van der Waals surface area contributed by atoms with Gasteiger partial charge < -0.3 is 9.84 Å². The first-order valence-corrected chi connectivity index (χ1v) is 10.8. The molecular formula is C24H17Cl3N4O2. The lowest BCUT2D eigenvalue weighted by Crippen LogP contribution is -1.91. The number of hydrogen-bond acceptors (Lipinski definition) is 5. The fourth-order valence-electron chi connectivity index (χ4n) is 2.92. The molecule has 1 N–H and O–H groups in total. The van der Waals surface area contributed by atoms with Crippen LogP contribution in [0.5, 0.6) is 11.5 Å². The minimum atomic E-state index is 0.0491. The number of imidazole rings is 1. The lowest BCUT2D eigenvalue weighted by molar-refractivity contribution is 0.415. The monoisotopic (exact) mass is 498 g/mol. The van der Waals surface area contributed by atoms with Crippen LogP contribution in [-0.4, -0.2) is 34.3 Å². The molecule has 3 aromatic carbocycles. The number of hydrogen-bond donors (Lipinski definition) is 1. The summed E-state index contributed by atoms with van der Waals surface area (Å²) in [5.74, 6) is 1.08. The third kappa shape index (κ3) is 5.54. The molecule has 0 unspecified atom stereocenters. The van der Waals surface area contributed by atoms with Crippen molar-refractivity contribution in [1.29, 1.82) is 0 Å². The fraction of sp³-hybridized carbons (Fsp3) is 0.0417. The van der Waals surface area contributed by atoms with Crippen LogP contribution in [0.2, 0.25) is 15.1 Å². The SMILES string of the molecule is COc1ccc(-c2cn(/N=C\c3ccc(Cl)cc3Cl)c(/N=C/c3cc(Cl)ccc3O)n2)cc1. The predicted molar refractivity (Wildman–Crippen MR) is 134 cm³/mol. The molecule has 0 amide bonds. The van der Waals surface area contributed by atoms with Gasteiger partial charge in [0, 0.05) is 33.0 Å². The summed E-state index contributed by atoms with van der Waals surface area (Å²) in [4.78, 5) is 9.02. The normalized spacial score (nSPS) is 11.5. The van der Waals surface area contributed by atoms with E-state index in [-0.39, 0.29) is 5.75 Å². The molecule has 0 fully saturated rings. The minimum absolute atomic E-state index is 0.0491. The molecule has 0 atom stereocenters. The molecule has 0 aliphatic carbocycles. The van der Waals surface area contributed by atoms with Crippen molar-refractivity contribution in [3.8, 4) is 22.8 Å². The quantitative estimate of drug-likeness (QED) is 0.295. The van der Waals surface area contributed by atoms with Crippen LogP contribution < -0.4 is 4.74 Å². The lowest BCUT2D eigenvalue weighted by atomic mass is 10.2. The molecule has 9 heteroatoms. The van der Waals surface area contributed by atoms with E-state index in [1.165, 1.54) is 17.0 Å². The Morgan fingerprint density at radius 3 is 2.36 bits per heavy atom. The number of phenolic OH excluding ortho intramolecular Hbond substituents is 1. The Hall–Kier alpha value is -3.32. The molecule has 4 rings (SSSR count). The van der Waals surface area contributed by atoms with Crippen molar-refractivity contribution in [3.63, 3.8) is 0 Å². The highest BCUT2D eigenvalue weighted by Gasteiger charge is 2.10. The second kappa shape index (κ2) is 10.1. The minimum Gasteiger partial charge on any atom is -0.507 e. The van der Waals surface area contributed by atoms with Gasteiger partial charge in [-0.2, -0.15) is 5.10 Å². The lowest BCUT2D eigenvalue weighted by Gasteiger charge is -2.00. The van der Waals surface area contributed by atoms with Crippen LogP contribution in [0.1, 0.15) is 11.1 Å². The fourth-order valence-corrected chi connectivity index (χ4v) is 3.56. The molecular weight excluding hydrogens is 483 g/mol. The molecule has 0 saturated carbocycles. The molecule has 0 bridgehead atoms. The van der Waals surface area contributed by atoms with E-state index in [1.54, 1.807) is 49.9 Å². The number of aromatic hydroxyl groups is 1. The average molecular weight is 500 g/mol. The van der Waals surface area contributed by atoms with Crippen molar-refractivity contribution in [1.82, 2.24) is 9.66 Å². The number of halogens is 3. The molecule has 4 aromatic rings. The van der Waals surface area contributed by atoms with Crippen molar-refractivity contribution in [3.05, 3.63) is 93.1 Å². The van der Waals surface area contributed by atoms with Crippen molar-refractivity contribution < 1.29 is 9.84 Å². The zero-order chi connectivity index (χ0) is 23.4. The Bertz CT molecular complexity index is 1350. The van der Waals surface area contributed by atoms with Gasteiger partial charge in [0.25, 0.3) is 5.95 Å². The molecule has 0 saturated heterocycles. The van der Waals surface area contributed by atoms with Crippen molar-refractivity contribution in [2.45, 2.75) is 0 Å². The van der Waals surface area contributed by atoms with Gasteiger partial charge in [-0.1, -0.05) is 40.9 Å². The summed E-state index contributed by atoms with van der Waals surface area (Å²) in [6.07, 6.45) is 4.81. The summed E-state index contributed by atoms with van der Waals surface area (Å²) in [5, 5.41) is 16.0. The van der Waals surface area contributed by atoms with Gasteiger partial charge in [0.15, 0.2) is 0 Å². The van der Waals surface area contributed by atoms with Gasteiger partial charge in [-0.15, -0.1) is 0 Å². The molecule has 1 aromatic heterocycles. The van der Waals surface area contributed by atoms with E-state index in [0.29, 0.717) is 37.8 Å². The maximum atomic E-state index is 10.1. The molecule has 0 spiro atoms. The van der Waals surface area contributed by atoms with E-state index < -0.39 is 0 Å². The van der Waals surface area contributed by atoms with Crippen molar-refractivity contribution in [2.24, 2.45) is 10.1 Å². The maximum Gasteiger partial charge on any atom is 0.251 e. The topological polar surface area (TPSA) is 72.0 Å². The van der Waals surface area contributed by atoms with Crippen LogP contribution >= 0.6 is 34.8 Å². The second-order valence-corrected chi connectivity index (χ2v) is 8.15. The Morgan fingerprint density at radius 2 is 1.64 bits per heavy atom. The highest BCUT2D eigenvalue weighted by atomic mass is 35.5. The van der Waals surface area contributed by atoms with Gasteiger partial charge in [0.2, 0.25) is 0 Å². The largest absolute Gasteiger partial charge is 0.507 e. The van der Waals surface area contributed by atoms with Crippen LogP contribution in [0.4, 0.5) is 5.95 Å². The Labute approximate surface area is 205 Å². The number of aliphatic imine (C=N–C) groups is 1. The number of nitrogens with zero attached hydrogens (tertiary/aromatic N) is 4. The number of aromatic nitrogens is 2. The molecule has 0 aliphatic rings. The summed E-state index contributed by atoms with van der Waals surface area (Å²) >= 11 is 18.3. The first kappa shape index (κ1) is 22.9. The van der Waals surface area contributed by atoms with Gasteiger partial charge in [0.1, 0.15) is 11.5 Å². The van der Waals surface area contributed by atoms with E-state index in [1.807, 2.05) is 24.3 Å². The Kier molecular flexibility index (Phi) is 6.99. The van der Waals surface area contributed by atoms with Crippen LogP contribution in [0.15, 0.2) is 77.0 Å². The highest BCUT2D eigenvalue weighted by Crippen LogP contribution is 2.26.